The molecule has 2 N–H and O–H groups in total. The molecule has 2 unspecified atom stereocenters. The maximum absolute atomic E-state index is 12.0. The molecule has 3 nitrogen and oxygen atoms in total. The molecule has 0 aromatic heterocycles. The predicted molar refractivity (Wildman–Crippen MR) is 92.7 cm³/mol. The number of hydrogen-bond acceptors (Lipinski definition) is 3. The first-order valence-corrected chi connectivity index (χ1v) is 9.31. The Labute approximate surface area is 139 Å². The molecule has 2 rings (SSSR count). The summed E-state index contributed by atoms with van der Waals surface area (Å²) in [5.41, 5.74) is 0. The summed E-state index contributed by atoms with van der Waals surface area (Å²) in [6, 6.07) is 8.65. The first kappa shape index (κ1) is 16.8. The topological polar surface area (TPSA) is 41.1 Å². The van der Waals surface area contributed by atoms with Gasteiger partial charge in [-0.05, 0) is 61.9 Å². The summed E-state index contributed by atoms with van der Waals surface area (Å²) in [7, 11) is 0. The number of hydrogen-bond donors (Lipinski definition) is 2. The van der Waals surface area contributed by atoms with Crippen molar-refractivity contribution in [3.8, 4) is 0 Å². The SMILES string of the molecule is CC1CNCCC1NC(=O)CCCSc1ccc(Br)cc1. The van der Waals surface area contributed by atoms with Crippen LogP contribution in [0.3, 0.4) is 0 Å². The van der Waals surface area contributed by atoms with E-state index in [0.29, 0.717) is 18.4 Å². The number of carbonyl (C=O) groups excluding carboxylic acids is 1. The number of carbonyl (C=O) groups is 1. The number of piperidine rings is 1. The molecule has 0 bridgehead atoms. The van der Waals surface area contributed by atoms with Gasteiger partial charge >= 0.3 is 0 Å². The predicted octanol–water partition coefficient (Wildman–Crippen LogP) is 3.44. The second kappa shape index (κ2) is 8.81. The highest BCUT2D eigenvalue weighted by atomic mass is 79.9. The van der Waals surface area contributed by atoms with Crippen molar-refractivity contribution in [2.24, 2.45) is 5.92 Å². The first-order chi connectivity index (χ1) is 10.1. The Hall–Kier alpha value is -0.520. The third-order valence-electron chi connectivity index (χ3n) is 3.76. The largest absolute Gasteiger partial charge is 0.353 e. The Balaban J connectivity index is 1.61. The fourth-order valence-corrected chi connectivity index (χ4v) is 3.58. The van der Waals surface area contributed by atoms with Gasteiger partial charge in [-0.3, -0.25) is 4.79 Å². The Morgan fingerprint density at radius 3 is 2.90 bits per heavy atom. The van der Waals surface area contributed by atoms with Crippen molar-refractivity contribution in [2.45, 2.75) is 37.1 Å². The molecule has 1 fully saturated rings. The minimum atomic E-state index is 0.199. The van der Waals surface area contributed by atoms with Crippen molar-refractivity contribution in [1.29, 1.82) is 0 Å². The summed E-state index contributed by atoms with van der Waals surface area (Å²) >= 11 is 5.24. The van der Waals surface area contributed by atoms with E-state index < -0.39 is 0 Å². The number of thioether (sulfide) groups is 1. The van der Waals surface area contributed by atoms with Gasteiger partial charge in [0.15, 0.2) is 0 Å². The summed E-state index contributed by atoms with van der Waals surface area (Å²) in [6.45, 7) is 4.21. The lowest BCUT2D eigenvalue weighted by Gasteiger charge is -2.30. The van der Waals surface area contributed by atoms with Crippen LogP contribution < -0.4 is 10.6 Å². The minimum absolute atomic E-state index is 0.199. The third kappa shape index (κ3) is 6.01. The van der Waals surface area contributed by atoms with Gasteiger partial charge in [-0.2, -0.15) is 0 Å². The van der Waals surface area contributed by atoms with Crippen LogP contribution in [0.5, 0.6) is 0 Å². The molecule has 1 heterocycles. The van der Waals surface area contributed by atoms with Crippen molar-refractivity contribution in [2.75, 3.05) is 18.8 Å². The highest BCUT2D eigenvalue weighted by molar-refractivity contribution is 9.10. The second-order valence-electron chi connectivity index (χ2n) is 5.55. The highest BCUT2D eigenvalue weighted by Gasteiger charge is 2.22. The van der Waals surface area contributed by atoms with E-state index >= 15 is 0 Å². The van der Waals surface area contributed by atoms with Crippen LogP contribution in [-0.2, 0) is 4.79 Å². The molecule has 1 aliphatic heterocycles. The molecule has 0 spiro atoms. The molecular formula is C16H23BrN2OS. The van der Waals surface area contributed by atoms with Crippen molar-refractivity contribution in [3.05, 3.63) is 28.7 Å². The molecule has 21 heavy (non-hydrogen) atoms. The molecule has 2 atom stereocenters. The smallest absolute Gasteiger partial charge is 0.220 e. The highest BCUT2D eigenvalue weighted by Crippen LogP contribution is 2.21. The van der Waals surface area contributed by atoms with Crippen molar-refractivity contribution in [3.63, 3.8) is 0 Å². The fourth-order valence-electron chi connectivity index (χ4n) is 2.46. The zero-order valence-electron chi connectivity index (χ0n) is 12.4. The van der Waals surface area contributed by atoms with E-state index in [1.54, 1.807) is 11.8 Å². The van der Waals surface area contributed by atoms with E-state index in [2.05, 4.69) is 45.6 Å². The van der Waals surface area contributed by atoms with Gasteiger partial charge in [0.1, 0.15) is 0 Å². The van der Waals surface area contributed by atoms with Gasteiger partial charge in [-0.15, -0.1) is 11.8 Å². The molecule has 0 saturated carbocycles. The molecule has 1 aromatic rings. The number of nitrogens with one attached hydrogen (secondary N) is 2. The van der Waals surface area contributed by atoms with E-state index in [0.717, 1.165) is 36.2 Å². The van der Waals surface area contributed by atoms with Crippen molar-refractivity contribution in [1.82, 2.24) is 10.6 Å². The average molecular weight is 371 g/mol. The van der Waals surface area contributed by atoms with Crippen molar-refractivity contribution < 1.29 is 4.79 Å². The lowest BCUT2D eigenvalue weighted by Crippen LogP contribution is -2.48. The van der Waals surface area contributed by atoms with Crippen LogP contribution in [0.25, 0.3) is 0 Å². The first-order valence-electron chi connectivity index (χ1n) is 7.53. The van der Waals surface area contributed by atoms with Crippen LogP contribution in [-0.4, -0.2) is 30.8 Å². The summed E-state index contributed by atoms with van der Waals surface area (Å²) in [5, 5.41) is 6.53. The fraction of sp³-hybridized carbons (Fsp3) is 0.562. The van der Waals surface area contributed by atoms with E-state index in [1.807, 2.05) is 12.1 Å². The molecule has 0 aliphatic carbocycles. The lowest BCUT2D eigenvalue weighted by molar-refractivity contribution is -0.122. The number of amides is 1. The quantitative estimate of drug-likeness (QED) is 0.595. The van der Waals surface area contributed by atoms with Gasteiger partial charge in [0.2, 0.25) is 5.91 Å². The second-order valence-corrected chi connectivity index (χ2v) is 7.63. The summed E-state index contributed by atoms with van der Waals surface area (Å²) < 4.78 is 1.10. The maximum atomic E-state index is 12.0. The Morgan fingerprint density at radius 1 is 1.43 bits per heavy atom. The van der Waals surface area contributed by atoms with Crippen molar-refractivity contribution >= 4 is 33.6 Å². The Bertz CT molecular complexity index is 452. The summed E-state index contributed by atoms with van der Waals surface area (Å²) in [6.07, 6.45) is 2.59. The van der Waals surface area contributed by atoms with Gasteiger partial charge in [-0.1, -0.05) is 22.9 Å². The molecular weight excluding hydrogens is 348 g/mol. The molecule has 0 radical (unpaired) electrons. The normalized spacial score (nSPS) is 22.0. The molecule has 1 aromatic carbocycles. The van der Waals surface area contributed by atoms with E-state index in [4.69, 9.17) is 0 Å². The number of halogens is 1. The van der Waals surface area contributed by atoms with E-state index in [1.165, 1.54) is 4.90 Å². The van der Waals surface area contributed by atoms with E-state index in [9.17, 15) is 4.79 Å². The van der Waals surface area contributed by atoms with Crippen LogP contribution in [0.4, 0.5) is 0 Å². The minimum Gasteiger partial charge on any atom is -0.353 e. The summed E-state index contributed by atoms with van der Waals surface area (Å²) in [4.78, 5) is 13.2. The summed E-state index contributed by atoms with van der Waals surface area (Å²) in [5.74, 6) is 1.71. The molecule has 1 saturated heterocycles. The van der Waals surface area contributed by atoms with Gasteiger partial charge in [0.05, 0.1) is 0 Å². The van der Waals surface area contributed by atoms with Crippen LogP contribution in [0, 0.1) is 5.92 Å². The number of rotatable bonds is 6. The standard InChI is InChI=1S/C16H23BrN2OS/c1-12-11-18-9-8-15(12)19-16(20)3-2-10-21-14-6-4-13(17)5-7-14/h4-7,12,15,18H,2-3,8-11H2,1H3,(H,19,20). The zero-order chi connectivity index (χ0) is 15.1. The van der Waals surface area contributed by atoms with Gasteiger partial charge < -0.3 is 10.6 Å². The van der Waals surface area contributed by atoms with Crippen LogP contribution in [0.2, 0.25) is 0 Å². The molecule has 116 valence electrons. The Morgan fingerprint density at radius 2 is 2.19 bits per heavy atom. The number of benzene rings is 1. The molecule has 1 amide bonds. The van der Waals surface area contributed by atoms with Gasteiger partial charge in [0, 0.05) is 21.8 Å². The van der Waals surface area contributed by atoms with Gasteiger partial charge in [-0.25, -0.2) is 0 Å². The Kier molecular flexibility index (Phi) is 7.07. The molecule has 1 aliphatic rings. The molecule has 5 heteroatoms. The monoisotopic (exact) mass is 370 g/mol. The van der Waals surface area contributed by atoms with Crippen LogP contribution in [0.15, 0.2) is 33.6 Å². The van der Waals surface area contributed by atoms with Crippen LogP contribution >= 0.6 is 27.7 Å². The van der Waals surface area contributed by atoms with E-state index in [-0.39, 0.29) is 5.91 Å². The zero-order valence-corrected chi connectivity index (χ0v) is 14.8. The lowest BCUT2D eigenvalue weighted by atomic mass is 9.95. The average Bonchev–Trinajstić information content (AvgIpc) is 2.48. The van der Waals surface area contributed by atoms with Crippen LogP contribution in [0.1, 0.15) is 26.2 Å². The maximum Gasteiger partial charge on any atom is 0.220 e. The van der Waals surface area contributed by atoms with Gasteiger partial charge in [0.25, 0.3) is 0 Å². The third-order valence-corrected chi connectivity index (χ3v) is 5.39.